The number of rotatable bonds is 4. The molecule has 6 rings (SSSR count). The van der Waals surface area contributed by atoms with Gasteiger partial charge >= 0.3 is 0 Å². The second kappa shape index (κ2) is 9.59. The summed E-state index contributed by atoms with van der Waals surface area (Å²) in [6.45, 7) is 6.77. The smallest absolute Gasteiger partial charge is 0.190 e. The summed E-state index contributed by atoms with van der Waals surface area (Å²) in [6, 6.07) is 0.379. The Kier molecular flexibility index (Phi) is 7.08. The van der Waals surface area contributed by atoms with Crippen molar-refractivity contribution in [3.8, 4) is 0 Å². The molecule has 0 aromatic carbocycles. The molecule has 4 heterocycles. The average molecular weight is 472 g/mol. The van der Waals surface area contributed by atoms with E-state index in [0.717, 1.165) is 57.8 Å². The van der Waals surface area contributed by atoms with Crippen molar-refractivity contribution in [1.82, 2.24) is 5.32 Å². The molecule has 6 fully saturated rings. The van der Waals surface area contributed by atoms with Crippen LogP contribution in [0, 0.1) is 0 Å². The standard InChI is InChI=1S/C13H23NO4.C11H18O4/c1-8(2)14-7-9-10(15)11-12(16-9)18-13(17-11)5-3-4-6-13;1-2-7-8(12)9-10(13-7)15-11(14-9)5-3-4-6-11/h8-12,14-15H,3-7H2,1-2H3;7-10,12H,2-6H2,1H3/t9-,10+,11-,12-;7-,8+,9-,10-/m00/s1. The van der Waals surface area contributed by atoms with Gasteiger partial charge in [-0.05, 0) is 32.1 Å². The molecule has 33 heavy (non-hydrogen) atoms. The topological polar surface area (TPSA) is 108 Å². The third kappa shape index (κ3) is 4.73. The minimum atomic E-state index is -0.596. The number of hydrogen-bond acceptors (Lipinski definition) is 9. The van der Waals surface area contributed by atoms with Gasteiger partial charge in [-0.1, -0.05) is 20.8 Å². The molecule has 0 bridgehead atoms. The van der Waals surface area contributed by atoms with Crippen molar-refractivity contribution in [1.29, 1.82) is 0 Å². The van der Waals surface area contributed by atoms with Crippen molar-refractivity contribution in [3.05, 3.63) is 0 Å². The van der Waals surface area contributed by atoms with Gasteiger partial charge in [-0.25, -0.2) is 0 Å². The lowest BCUT2D eigenvalue weighted by Crippen LogP contribution is -2.42. The van der Waals surface area contributed by atoms with Crippen molar-refractivity contribution in [3.63, 3.8) is 0 Å². The molecule has 6 aliphatic rings. The highest BCUT2D eigenvalue weighted by Crippen LogP contribution is 2.47. The van der Waals surface area contributed by atoms with Gasteiger partial charge in [-0.15, -0.1) is 0 Å². The van der Waals surface area contributed by atoms with Gasteiger partial charge in [0.05, 0.1) is 6.10 Å². The van der Waals surface area contributed by atoms with E-state index >= 15 is 0 Å². The number of ether oxygens (including phenoxy) is 6. The van der Waals surface area contributed by atoms with Gasteiger partial charge in [0.15, 0.2) is 24.2 Å². The van der Waals surface area contributed by atoms with Crippen molar-refractivity contribution >= 4 is 0 Å². The zero-order valence-electron chi connectivity index (χ0n) is 20.1. The molecule has 3 N–H and O–H groups in total. The quantitative estimate of drug-likeness (QED) is 0.567. The Balaban J connectivity index is 0.000000140. The summed E-state index contributed by atoms with van der Waals surface area (Å²) in [7, 11) is 0. The maximum atomic E-state index is 10.2. The Hall–Kier alpha value is -0.360. The van der Waals surface area contributed by atoms with Gasteiger partial charge in [0.2, 0.25) is 0 Å². The van der Waals surface area contributed by atoms with Crippen molar-refractivity contribution in [2.45, 2.75) is 145 Å². The molecule has 190 valence electrons. The third-order valence-corrected chi connectivity index (χ3v) is 7.81. The summed E-state index contributed by atoms with van der Waals surface area (Å²) in [5, 5.41) is 23.5. The van der Waals surface area contributed by atoms with Crippen LogP contribution in [0.5, 0.6) is 0 Å². The fourth-order valence-corrected chi connectivity index (χ4v) is 5.98. The minimum Gasteiger partial charge on any atom is -0.387 e. The monoisotopic (exact) mass is 471 g/mol. The summed E-state index contributed by atoms with van der Waals surface area (Å²) in [4.78, 5) is 0. The third-order valence-electron chi connectivity index (χ3n) is 7.81. The highest BCUT2D eigenvalue weighted by molar-refractivity contribution is 4.97. The molecule has 0 unspecified atom stereocenters. The lowest BCUT2D eigenvalue weighted by Gasteiger charge is -2.26. The molecule has 4 aliphatic heterocycles. The Morgan fingerprint density at radius 2 is 1.21 bits per heavy atom. The normalized spacial score (nSPS) is 44.5. The summed E-state index contributed by atoms with van der Waals surface area (Å²) >= 11 is 0. The van der Waals surface area contributed by atoms with E-state index in [9.17, 15) is 10.2 Å². The lowest BCUT2D eigenvalue weighted by atomic mass is 10.1. The fraction of sp³-hybridized carbons (Fsp3) is 1.00. The first-order chi connectivity index (χ1) is 15.8. The molecule has 0 aromatic rings. The van der Waals surface area contributed by atoms with Crippen LogP contribution < -0.4 is 5.32 Å². The molecule has 0 radical (unpaired) electrons. The fourth-order valence-electron chi connectivity index (χ4n) is 5.98. The van der Waals surface area contributed by atoms with Crippen LogP contribution in [0.25, 0.3) is 0 Å². The average Bonchev–Trinajstić information content (AvgIpc) is 3.62. The Labute approximate surface area is 196 Å². The van der Waals surface area contributed by atoms with Crippen molar-refractivity contribution in [2.24, 2.45) is 0 Å². The first kappa shape index (κ1) is 24.3. The number of fused-ring (bicyclic) bond motifs is 2. The summed E-state index contributed by atoms with van der Waals surface area (Å²) in [5.74, 6) is -0.901. The van der Waals surface area contributed by atoms with Crippen LogP contribution in [0.4, 0.5) is 0 Å². The molecule has 0 amide bonds. The van der Waals surface area contributed by atoms with Gasteiger partial charge < -0.3 is 44.0 Å². The van der Waals surface area contributed by atoms with Crippen LogP contribution in [0.1, 0.15) is 78.6 Å². The first-order valence-corrected chi connectivity index (χ1v) is 13.0. The maximum Gasteiger partial charge on any atom is 0.190 e. The number of aliphatic hydroxyl groups is 2. The van der Waals surface area contributed by atoms with E-state index in [0.29, 0.717) is 12.6 Å². The highest BCUT2D eigenvalue weighted by Gasteiger charge is 2.58. The van der Waals surface area contributed by atoms with Crippen LogP contribution in [0.3, 0.4) is 0 Å². The molecule has 9 heteroatoms. The Morgan fingerprint density at radius 1 is 0.758 bits per heavy atom. The second-order valence-electron chi connectivity index (χ2n) is 10.7. The number of nitrogens with one attached hydrogen (secondary N) is 1. The van der Waals surface area contributed by atoms with E-state index in [1.807, 2.05) is 6.92 Å². The predicted molar refractivity (Wildman–Crippen MR) is 117 cm³/mol. The molecule has 8 atom stereocenters. The number of hydrogen-bond donors (Lipinski definition) is 3. The van der Waals surface area contributed by atoms with Crippen LogP contribution in [-0.2, 0) is 28.4 Å². The van der Waals surface area contributed by atoms with Gasteiger partial charge in [-0.3, -0.25) is 0 Å². The van der Waals surface area contributed by atoms with E-state index in [4.69, 9.17) is 28.4 Å². The van der Waals surface area contributed by atoms with E-state index in [1.165, 1.54) is 0 Å². The Morgan fingerprint density at radius 3 is 1.64 bits per heavy atom. The maximum absolute atomic E-state index is 10.2. The SMILES string of the molecule is CC(C)NC[C@@H]1O[C@H]2OC3(CCCC3)O[C@H]2[C@@H]1O.CC[C@@H]1O[C@H]2OC3(CCCC3)O[C@H]2[C@@H]1O. The lowest BCUT2D eigenvalue weighted by molar-refractivity contribution is -0.229. The van der Waals surface area contributed by atoms with Gasteiger partial charge in [0, 0.05) is 38.3 Å². The molecular weight excluding hydrogens is 430 g/mol. The Bertz CT molecular complexity index is 665. The van der Waals surface area contributed by atoms with Crippen LogP contribution in [-0.4, -0.2) is 83.6 Å². The van der Waals surface area contributed by atoms with Crippen LogP contribution >= 0.6 is 0 Å². The van der Waals surface area contributed by atoms with Crippen LogP contribution in [0.15, 0.2) is 0 Å². The second-order valence-corrected chi connectivity index (χ2v) is 10.7. The minimum absolute atomic E-state index is 0.126. The molecule has 2 aliphatic carbocycles. The van der Waals surface area contributed by atoms with Gasteiger partial charge in [0.25, 0.3) is 0 Å². The number of aliphatic hydroxyl groups excluding tert-OH is 2. The zero-order chi connectivity index (χ0) is 23.2. The van der Waals surface area contributed by atoms with Gasteiger partial charge in [-0.2, -0.15) is 0 Å². The van der Waals surface area contributed by atoms with Crippen LogP contribution in [0.2, 0.25) is 0 Å². The summed E-state index contributed by atoms with van der Waals surface area (Å²) in [6.07, 6.45) is 6.27. The van der Waals surface area contributed by atoms with Crippen molar-refractivity contribution in [2.75, 3.05) is 6.54 Å². The van der Waals surface area contributed by atoms with Gasteiger partial charge in [0.1, 0.15) is 30.5 Å². The molecular formula is C24H41NO8. The zero-order valence-corrected chi connectivity index (χ0v) is 20.1. The van der Waals surface area contributed by atoms with E-state index in [1.54, 1.807) is 0 Å². The largest absolute Gasteiger partial charge is 0.387 e. The van der Waals surface area contributed by atoms with E-state index < -0.39 is 30.1 Å². The van der Waals surface area contributed by atoms with Crippen molar-refractivity contribution < 1.29 is 38.6 Å². The summed E-state index contributed by atoms with van der Waals surface area (Å²) < 4.78 is 35.0. The van der Waals surface area contributed by atoms with E-state index in [-0.39, 0.29) is 30.7 Å². The summed E-state index contributed by atoms with van der Waals surface area (Å²) in [5.41, 5.74) is 0. The predicted octanol–water partition coefficient (Wildman–Crippen LogP) is 1.92. The molecule has 4 saturated heterocycles. The first-order valence-electron chi connectivity index (χ1n) is 13.0. The molecule has 2 spiro atoms. The molecule has 0 aromatic heterocycles. The van der Waals surface area contributed by atoms with E-state index in [2.05, 4.69) is 19.2 Å². The highest BCUT2D eigenvalue weighted by atomic mass is 16.8. The molecule has 2 saturated carbocycles. The molecule has 9 nitrogen and oxygen atoms in total.